The van der Waals surface area contributed by atoms with Crippen molar-refractivity contribution in [1.29, 1.82) is 0 Å². The molecule has 0 radical (unpaired) electrons. The van der Waals surface area contributed by atoms with Crippen LogP contribution in [0.2, 0.25) is 0 Å². The Hall–Kier alpha value is -0.710. The summed E-state index contributed by atoms with van der Waals surface area (Å²) in [4.78, 5) is 22.1. The zero-order valence-electron chi connectivity index (χ0n) is 9.40. The van der Waals surface area contributed by atoms with E-state index in [0.717, 1.165) is 0 Å². The van der Waals surface area contributed by atoms with E-state index in [-0.39, 0.29) is 19.6 Å². The lowest BCUT2D eigenvalue weighted by atomic mass is 9.87. The Labute approximate surface area is 96.7 Å². The van der Waals surface area contributed by atoms with Gasteiger partial charge in [-0.05, 0) is 0 Å². The van der Waals surface area contributed by atoms with Crippen LogP contribution in [0.4, 0.5) is 0 Å². The predicted octanol–water partition coefficient (Wildman–Crippen LogP) is -0.795. The molecule has 1 amide bonds. The first-order valence-electron chi connectivity index (χ1n) is 4.81. The summed E-state index contributed by atoms with van der Waals surface area (Å²) in [6.45, 7) is 2.91. The summed E-state index contributed by atoms with van der Waals surface area (Å²) in [6, 6.07) is 0. The molecule has 0 saturated carbocycles. The second-order valence-electron chi connectivity index (χ2n) is 4.08. The minimum atomic E-state index is -1.32. The number of hydrogen-bond acceptors (Lipinski definition) is 5. The van der Waals surface area contributed by atoms with Gasteiger partial charge >= 0.3 is 5.97 Å². The van der Waals surface area contributed by atoms with Crippen LogP contribution in [0.25, 0.3) is 0 Å². The number of rotatable bonds is 6. The Morgan fingerprint density at radius 2 is 2.06 bits per heavy atom. The second-order valence-corrected chi connectivity index (χ2v) is 4.32. The van der Waals surface area contributed by atoms with Gasteiger partial charge in [0.2, 0.25) is 5.91 Å². The quantitative estimate of drug-likeness (QED) is 0.537. The Bertz CT molecular complexity index is 256. The van der Waals surface area contributed by atoms with Gasteiger partial charge in [-0.2, -0.15) is 0 Å². The highest BCUT2D eigenvalue weighted by molar-refractivity contribution is 7.10. The molecule has 0 fully saturated rings. The van der Waals surface area contributed by atoms with Crippen LogP contribution in [-0.4, -0.2) is 41.3 Å². The number of carbonyl (C=O) groups is 2. The summed E-state index contributed by atoms with van der Waals surface area (Å²) in [5.41, 5.74) is -0.912. The molecule has 0 heterocycles. The van der Waals surface area contributed by atoms with Gasteiger partial charge in [0.15, 0.2) is 0 Å². The molecule has 2 atom stereocenters. The average Bonchev–Trinajstić information content (AvgIpc) is 2.27. The van der Waals surface area contributed by atoms with Crippen LogP contribution in [0.3, 0.4) is 0 Å². The summed E-state index contributed by atoms with van der Waals surface area (Å²) < 4.78 is 4.30. The summed E-state index contributed by atoms with van der Waals surface area (Å²) in [6.07, 6.45) is -1.29. The van der Waals surface area contributed by atoms with Crippen molar-refractivity contribution in [3.05, 3.63) is 0 Å². The minimum Gasteiger partial charge on any atom is -0.451 e. The van der Waals surface area contributed by atoms with Crippen molar-refractivity contribution in [2.24, 2.45) is 5.41 Å². The standard InChI is InChI=1S/C9H18NO5P/c1-9(2,5-11)7(13)8(14)10-4-3-6(12)15-16/h7,11,13H,3-5,16H2,1-2H3,(H,10,14)/t7-/m0/s1. The molecule has 0 saturated heterocycles. The van der Waals surface area contributed by atoms with Gasteiger partial charge < -0.3 is 20.1 Å². The smallest absolute Gasteiger partial charge is 0.309 e. The van der Waals surface area contributed by atoms with Gasteiger partial charge in [-0.15, -0.1) is 0 Å². The lowest BCUT2D eigenvalue weighted by Crippen LogP contribution is -2.46. The SMILES string of the molecule is CC(C)(CO)[C@@H](O)C(=O)NCCC(=O)OP. The maximum Gasteiger partial charge on any atom is 0.309 e. The number of nitrogens with one attached hydrogen (secondary N) is 1. The van der Waals surface area contributed by atoms with E-state index < -0.39 is 23.4 Å². The van der Waals surface area contributed by atoms with E-state index in [9.17, 15) is 14.7 Å². The highest BCUT2D eigenvalue weighted by Crippen LogP contribution is 2.19. The maximum absolute atomic E-state index is 11.4. The summed E-state index contributed by atoms with van der Waals surface area (Å²) in [5.74, 6) is -1.09. The fraction of sp³-hybridized carbons (Fsp3) is 0.778. The van der Waals surface area contributed by atoms with E-state index in [0.29, 0.717) is 0 Å². The molecular formula is C9H18NO5P. The number of carbonyl (C=O) groups excluding carboxylic acids is 2. The summed E-state index contributed by atoms with van der Waals surface area (Å²) in [7, 11) is 1.81. The van der Waals surface area contributed by atoms with Crippen LogP contribution in [0, 0.1) is 5.41 Å². The largest absolute Gasteiger partial charge is 0.451 e. The third-order valence-electron chi connectivity index (χ3n) is 2.16. The molecule has 6 nitrogen and oxygen atoms in total. The molecule has 0 bridgehead atoms. The highest BCUT2D eigenvalue weighted by Gasteiger charge is 2.32. The molecule has 0 aliphatic heterocycles. The second kappa shape index (κ2) is 6.78. The van der Waals surface area contributed by atoms with Crippen molar-refractivity contribution in [3.8, 4) is 0 Å². The van der Waals surface area contributed by atoms with Gasteiger partial charge in [0.05, 0.1) is 22.5 Å². The third kappa shape index (κ3) is 4.88. The monoisotopic (exact) mass is 251 g/mol. The zero-order chi connectivity index (χ0) is 12.8. The number of aliphatic hydroxyl groups is 2. The highest BCUT2D eigenvalue weighted by atomic mass is 31.0. The molecule has 3 N–H and O–H groups in total. The lowest BCUT2D eigenvalue weighted by molar-refractivity contribution is -0.137. The number of amides is 1. The Morgan fingerprint density at radius 3 is 2.50 bits per heavy atom. The van der Waals surface area contributed by atoms with Crippen molar-refractivity contribution < 1.29 is 24.3 Å². The van der Waals surface area contributed by atoms with Crippen molar-refractivity contribution in [3.63, 3.8) is 0 Å². The first-order valence-corrected chi connectivity index (χ1v) is 5.28. The maximum atomic E-state index is 11.4. The van der Waals surface area contributed by atoms with Crippen LogP contribution in [0.1, 0.15) is 20.3 Å². The van der Waals surface area contributed by atoms with E-state index in [1.54, 1.807) is 13.8 Å². The van der Waals surface area contributed by atoms with Crippen LogP contribution < -0.4 is 5.32 Å². The van der Waals surface area contributed by atoms with Gasteiger partial charge in [-0.3, -0.25) is 9.59 Å². The molecule has 0 aliphatic carbocycles. The molecule has 7 heteroatoms. The lowest BCUT2D eigenvalue weighted by Gasteiger charge is -2.27. The zero-order valence-corrected chi connectivity index (χ0v) is 10.5. The molecule has 0 spiro atoms. The molecule has 0 aromatic rings. The van der Waals surface area contributed by atoms with Gasteiger partial charge in [0, 0.05) is 12.0 Å². The minimum absolute atomic E-state index is 0.0293. The van der Waals surface area contributed by atoms with E-state index in [4.69, 9.17) is 5.11 Å². The molecule has 16 heavy (non-hydrogen) atoms. The van der Waals surface area contributed by atoms with E-state index >= 15 is 0 Å². The molecule has 0 aromatic heterocycles. The fourth-order valence-corrected chi connectivity index (χ4v) is 1.00. The van der Waals surface area contributed by atoms with Crippen LogP contribution in [-0.2, 0) is 14.1 Å². The van der Waals surface area contributed by atoms with Crippen molar-refractivity contribution in [2.45, 2.75) is 26.4 Å². The van der Waals surface area contributed by atoms with Gasteiger partial charge in [-0.1, -0.05) is 13.8 Å². The topological polar surface area (TPSA) is 95.9 Å². The molecule has 1 unspecified atom stereocenters. The first kappa shape index (κ1) is 15.3. The summed E-state index contributed by atoms with van der Waals surface area (Å²) >= 11 is 0. The Morgan fingerprint density at radius 1 is 1.50 bits per heavy atom. The van der Waals surface area contributed by atoms with Crippen LogP contribution in [0.15, 0.2) is 0 Å². The van der Waals surface area contributed by atoms with E-state index in [2.05, 4.69) is 9.84 Å². The molecular weight excluding hydrogens is 233 g/mol. The van der Waals surface area contributed by atoms with Crippen molar-refractivity contribution in [1.82, 2.24) is 5.32 Å². The third-order valence-corrected chi connectivity index (χ3v) is 2.42. The summed E-state index contributed by atoms with van der Waals surface area (Å²) in [5, 5.41) is 20.9. The normalized spacial score (nSPS) is 13.1. The number of aliphatic hydroxyl groups excluding tert-OH is 2. The van der Waals surface area contributed by atoms with Crippen molar-refractivity contribution in [2.75, 3.05) is 13.2 Å². The van der Waals surface area contributed by atoms with Crippen LogP contribution in [0.5, 0.6) is 0 Å². The number of hydrogen-bond donors (Lipinski definition) is 3. The molecule has 0 aromatic carbocycles. The van der Waals surface area contributed by atoms with Gasteiger partial charge in [-0.25, -0.2) is 0 Å². The molecule has 0 aliphatic rings. The average molecular weight is 251 g/mol. The van der Waals surface area contributed by atoms with Gasteiger partial charge in [0.1, 0.15) is 6.10 Å². The van der Waals surface area contributed by atoms with E-state index in [1.807, 2.05) is 9.47 Å². The predicted molar refractivity (Wildman–Crippen MR) is 60.3 cm³/mol. The van der Waals surface area contributed by atoms with Crippen molar-refractivity contribution >= 4 is 21.3 Å². The molecule has 0 rings (SSSR count). The first-order chi connectivity index (χ1) is 7.35. The molecule has 94 valence electrons. The van der Waals surface area contributed by atoms with Crippen LogP contribution >= 0.6 is 9.47 Å². The van der Waals surface area contributed by atoms with Gasteiger partial charge in [0.25, 0.3) is 0 Å². The Kier molecular flexibility index (Phi) is 6.48. The van der Waals surface area contributed by atoms with E-state index in [1.165, 1.54) is 0 Å². The Balaban J connectivity index is 4.03. The fourth-order valence-electron chi connectivity index (χ4n) is 0.885.